The van der Waals surface area contributed by atoms with E-state index in [1.807, 2.05) is 6.07 Å². The molecule has 0 amide bonds. The summed E-state index contributed by atoms with van der Waals surface area (Å²) in [4.78, 5) is 17.1. The van der Waals surface area contributed by atoms with Crippen LogP contribution in [0.15, 0.2) is 36.8 Å². The highest BCUT2D eigenvalue weighted by Crippen LogP contribution is 2.41. The first-order chi connectivity index (χ1) is 13.0. The first-order valence-electron chi connectivity index (χ1n) is 7.83. The molecule has 0 saturated carbocycles. The Morgan fingerprint density at radius 3 is 2.50 bits per heavy atom. The van der Waals surface area contributed by atoms with E-state index >= 15 is 0 Å². The van der Waals surface area contributed by atoms with Crippen molar-refractivity contribution in [3.8, 4) is 10.6 Å². The third-order valence-electron chi connectivity index (χ3n) is 3.79. The van der Waals surface area contributed by atoms with E-state index in [-0.39, 0.29) is 12.4 Å². The fourth-order valence-electron chi connectivity index (χ4n) is 2.56. The molecule has 3 heterocycles. The summed E-state index contributed by atoms with van der Waals surface area (Å²) >= 11 is 14.3. The smallest absolute Gasteiger partial charge is 0.151 e. The van der Waals surface area contributed by atoms with Crippen molar-refractivity contribution in [3.63, 3.8) is 0 Å². The van der Waals surface area contributed by atoms with Gasteiger partial charge < -0.3 is 16.8 Å². The summed E-state index contributed by atoms with van der Waals surface area (Å²) in [6, 6.07) is 7.05. The van der Waals surface area contributed by atoms with Crippen LogP contribution in [0, 0.1) is 0 Å². The number of nitrogen functional groups attached to an aromatic ring is 1. The summed E-state index contributed by atoms with van der Waals surface area (Å²) in [5.74, 6) is 1.52. The monoisotopic (exact) mass is 453 g/mol. The average Bonchev–Trinajstić information content (AvgIpc) is 3.05. The molecule has 144 valence electrons. The molecule has 11 heteroatoms. The van der Waals surface area contributed by atoms with E-state index in [0.717, 1.165) is 15.8 Å². The first kappa shape index (κ1) is 20.5. The summed E-state index contributed by atoms with van der Waals surface area (Å²) in [6.45, 7) is 0.361. The SMILES string of the molecule is Cl.NCc1cc(Cl)c(-c2nc3ccnc(Nc4cc(N)ncn4)c3s2)c(Cl)c1. The van der Waals surface area contributed by atoms with E-state index in [4.69, 9.17) is 34.7 Å². The van der Waals surface area contributed by atoms with Crippen LogP contribution in [0.3, 0.4) is 0 Å². The van der Waals surface area contributed by atoms with Gasteiger partial charge in [0.15, 0.2) is 5.82 Å². The Morgan fingerprint density at radius 1 is 1.07 bits per heavy atom. The summed E-state index contributed by atoms with van der Waals surface area (Å²) in [5, 5.41) is 4.86. The van der Waals surface area contributed by atoms with Crippen LogP contribution in [-0.2, 0) is 6.54 Å². The van der Waals surface area contributed by atoms with E-state index in [0.29, 0.717) is 44.6 Å². The second kappa shape index (κ2) is 8.42. The number of aromatic nitrogens is 4. The van der Waals surface area contributed by atoms with Crippen LogP contribution >= 0.6 is 46.9 Å². The lowest BCUT2D eigenvalue weighted by Crippen LogP contribution is -1.98. The number of nitrogens with zero attached hydrogens (tertiary/aromatic N) is 4. The molecule has 0 aliphatic heterocycles. The molecule has 0 unspecified atom stereocenters. The summed E-state index contributed by atoms with van der Waals surface area (Å²) in [7, 11) is 0. The maximum absolute atomic E-state index is 6.43. The molecule has 4 aromatic rings. The number of benzene rings is 1. The zero-order valence-corrected chi connectivity index (χ0v) is 17.3. The van der Waals surface area contributed by atoms with Crippen molar-refractivity contribution in [1.29, 1.82) is 0 Å². The van der Waals surface area contributed by atoms with Gasteiger partial charge in [0.1, 0.15) is 23.0 Å². The first-order valence-corrected chi connectivity index (χ1v) is 9.41. The predicted octanol–water partition coefficient (Wildman–Crippen LogP) is 4.66. The van der Waals surface area contributed by atoms with Gasteiger partial charge in [-0.25, -0.2) is 19.9 Å². The van der Waals surface area contributed by atoms with Crippen molar-refractivity contribution in [2.75, 3.05) is 11.1 Å². The zero-order chi connectivity index (χ0) is 19.0. The fraction of sp³-hybridized carbons (Fsp3) is 0.0588. The van der Waals surface area contributed by atoms with Gasteiger partial charge in [-0.1, -0.05) is 23.2 Å². The Hall–Kier alpha value is -2.23. The van der Waals surface area contributed by atoms with Gasteiger partial charge in [-0.05, 0) is 23.8 Å². The summed E-state index contributed by atoms with van der Waals surface area (Å²) < 4.78 is 0.847. The van der Waals surface area contributed by atoms with Crippen LogP contribution in [0.1, 0.15) is 5.56 Å². The number of fused-ring (bicyclic) bond motifs is 1. The molecule has 5 N–H and O–H groups in total. The van der Waals surface area contributed by atoms with Crippen molar-refractivity contribution < 1.29 is 0 Å². The summed E-state index contributed by atoms with van der Waals surface area (Å²) in [5.41, 5.74) is 13.7. The number of anilines is 3. The molecule has 0 fully saturated rings. The summed E-state index contributed by atoms with van der Waals surface area (Å²) in [6.07, 6.45) is 3.05. The number of hydrogen-bond acceptors (Lipinski definition) is 8. The molecule has 0 atom stereocenters. The number of thiazole rings is 1. The Kier molecular flexibility index (Phi) is 6.17. The normalized spacial score (nSPS) is 10.7. The van der Waals surface area contributed by atoms with Gasteiger partial charge in [0, 0.05) is 24.4 Å². The van der Waals surface area contributed by atoms with Gasteiger partial charge in [-0.3, -0.25) is 0 Å². The van der Waals surface area contributed by atoms with E-state index < -0.39 is 0 Å². The quantitative estimate of drug-likeness (QED) is 0.410. The number of nitrogens with one attached hydrogen (secondary N) is 1. The van der Waals surface area contributed by atoms with Gasteiger partial charge in [0.2, 0.25) is 0 Å². The Morgan fingerprint density at radius 2 is 1.82 bits per heavy atom. The highest BCUT2D eigenvalue weighted by atomic mass is 35.5. The minimum Gasteiger partial charge on any atom is -0.384 e. The molecule has 0 bridgehead atoms. The van der Waals surface area contributed by atoms with Crippen LogP contribution in [0.5, 0.6) is 0 Å². The van der Waals surface area contributed by atoms with Crippen LogP contribution in [0.2, 0.25) is 10.0 Å². The number of rotatable bonds is 4. The predicted molar refractivity (Wildman–Crippen MR) is 118 cm³/mol. The van der Waals surface area contributed by atoms with E-state index in [1.54, 1.807) is 24.4 Å². The molecule has 0 saturated heterocycles. The maximum atomic E-state index is 6.43. The Bertz CT molecular complexity index is 1130. The average molecular weight is 455 g/mol. The molecule has 7 nitrogen and oxygen atoms in total. The van der Waals surface area contributed by atoms with Crippen molar-refractivity contribution in [2.45, 2.75) is 6.54 Å². The van der Waals surface area contributed by atoms with Gasteiger partial charge in [0.05, 0.1) is 20.3 Å². The molecule has 0 spiro atoms. The molecule has 3 aromatic heterocycles. The van der Waals surface area contributed by atoms with E-state index in [2.05, 4.69) is 25.3 Å². The lowest BCUT2D eigenvalue weighted by atomic mass is 10.1. The fourth-order valence-corrected chi connectivity index (χ4v) is 4.46. The second-order valence-electron chi connectivity index (χ2n) is 5.62. The van der Waals surface area contributed by atoms with Crippen molar-refractivity contribution in [2.24, 2.45) is 5.73 Å². The minimum atomic E-state index is 0. The Balaban J connectivity index is 0.00000225. The Labute approximate surface area is 180 Å². The van der Waals surface area contributed by atoms with E-state index in [9.17, 15) is 0 Å². The lowest BCUT2D eigenvalue weighted by molar-refractivity contribution is 1.07. The number of nitrogens with two attached hydrogens (primary N) is 2. The highest BCUT2D eigenvalue weighted by Gasteiger charge is 2.17. The zero-order valence-electron chi connectivity index (χ0n) is 14.2. The van der Waals surface area contributed by atoms with Gasteiger partial charge in [-0.2, -0.15) is 0 Å². The van der Waals surface area contributed by atoms with Crippen LogP contribution in [0.4, 0.5) is 17.5 Å². The van der Waals surface area contributed by atoms with Crippen molar-refractivity contribution in [1.82, 2.24) is 19.9 Å². The molecule has 4 rings (SSSR count). The molecule has 0 aliphatic carbocycles. The molecule has 0 radical (unpaired) electrons. The molecule has 0 aliphatic rings. The van der Waals surface area contributed by atoms with E-state index in [1.165, 1.54) is 17.7 Å². The number of pyridine rings is 1. The largest absolute Gasteiger partial charge is 0.384 e. The third-order valence-corrected chi connectivity index (χ3v) is 5.48. The molecular weight excluding hydrogens is 441 g/mol. The van der Waals surface area contributed by atoms with Crippen LogP contribution < -0.4 is 16.8 Å². The van der Waals surface area contributed by atoms with Crippen LogP contribution in [0.25, 0.3) is 20.8 Å². The number of halogens is 3. The van der Waals surface area contributed by atoms with Crippen molar-refractivity contribution >= 4 is 74.6 Å². The third kappa shape index (κ3) is 3.96. The topological polar surface area (TPSA) is 116 Å². The number of hydrogen-bond donors (Lipinski definition) is 3. The lowest BCUT2D eigenvalue weighted by Gasteiger charge is -2.06. The molecular formula is C17H14Cl3N7S. The van der Waals surface area contributed by atoms with Crippen molar-refractivity contribution in [3.05, 3.63) is 52.4 Å². The standard InChI is InChI=1S/C17H13Cl2N7S.ClH/c18-9-3-8(6-20)4-10(19)14(9)17-25-11-1-2-22-16(15(11)27-17)26-13-5-12(21)23-7-24-13;/h1-5,7H,6,20H2,(H3,21,22,23,24,26);1H. The highest BCUT2D eigenvalue weighted by molar-refractivity contribution is 7.22. The second-order valence-corrected chi connectivity index (χ2v) is 7.43. The van der Waals surface area contributed by atoms with Gasteiger partial charge in [-0.15, -0.1) is 23.7 Å². The minimum absolute atomic E-state index is 0. The van der Waals surface area contributed by atoms with Gasteiger partial charge >= 0.3 is 0 Å². The molecule has 28 heavy (non-hydrogen) atoms. The van der Waals surface area contributed by atoms with Crippen LogP contribution in [-0.4, -0.2) is 19.9 Å². The molecule has 1 aromatic carbocycles. The maximum Gasteiger partial charge on any atom is 0.151 e. The van der Waals surface area contributed by atoms with Gasteiger partial charge in [0.25, 0.3) is 0 Å².